The van der Waals surface area contributed by atoms with Crippen molar-refractivity contribution in [3.05, 3.63) is 35.6 Å². The summed E-state index contributed by atoms with van der Waals surface area (Å²) in [6.07, 6.45) is 7.37. The molecular weight excluding hydrogens is 201 g/mol. The number of halogens is 1. The second-order valence-electron chi connectivity index (χ2n) is 4.67. The van der Waals surface area contributed by atoms with E-state index in [-0.39, 0.29) is 5.82 Å². The Bertz CT molecular complexity index is 316. The topological polar surface area (TPSA) is 12.0 Å². The molecule has 0 amide bonds. The monoisotopic (exact) mass is 221 g/mol. The van der Waals surface area contributed by atoms with Gasteiger partial charge >= 0.3 is 0 Å². The Morgan fingerprint density at radius 3 is 3.06 bits per heavy atom. The molecular formula is C14H20FN. The molecule has 1 heterocycles. The highest BCUT2D eigenvalue weighted by atomic mass is 19.1. The van der Waals surface area contributed by atoms with Crippen LogP contribution in [0.3, 0.4) is 0 Å². The molecule has 0 spiro atoms. The first-order valence-electron chi connectivity index (χ1n) is 6.32. The number of benzene rings is 1. The summed E-state index contributed by atoms with van der Waals surface area (Å²) in [4.78, 5) is 0. The van der Waals surface area contributed by atoms with E-state index in [1.807, 2.05) is 6.07 Å². The highest BCUT2D eigenvalue weighted by Gasteiger charge is 2.11. The van der Waals surface area contributed by atoms with Crippen LogP contribution in [0.4, 0.5) is 4.39 Å². The van der Waals surface area contributed by atoms with Crippen molar-refractivity contribution in [2.24, 2.45) is 0 Å². The van der Waals surface area contributed by atoms with E-state index in [0.717, 1.165) is 24.9 Å². The molecule has 1 aromatic rings. The summed E-state index contributed by atoms with van der Waals surface area (Å²) in [5, 5.41) is 3.57. The maximum Gasteiger partial charge on any atom is 0.123 e. The molecule has 16 heavy (non-hydrogen) atoms. The predicted octanol–water partition coefficient (Wildman–Crippen LogP) is 3.29. The summed E-state index contributed by atoms with van der Waals surface area (Å²) >= 11 is 0. The van der Waals surface area contributed by atoms with Crippen molar-refractivity contribution >= 4 is 0 Å². The minimum atomic E-state index is -0.119. The SMILES string of the molecule is Fc1cccc(CCC2CCCCCN2)c1. The van der Waals surface area contributed by atoms with Crippen LogP contribution in [0.1, 0.15) is 37.7 Å². The summed E-state index contributed by atoms with van der Waals surface area (Å²) in [6, 6.07) is 7.60. The number of hydrogen-bond acceptors (Lipinski definition) is 1. The smallest absolute Gasteiger partial charge is 0.123 e. The van der Waals surface area contributed by atoms with Crippen LogP contribution in [0, 0.1) is 5.82 Å². The van der Waals surface area contributed by atoms with Gasteiger partial charge in [-0.25, -0.2) is 4.39 Å². The van der Waals surface area contributed by atoms with E-state index in [2.05, 4.69) is 5.32 Å². The molecule has 1 aromatic carbocycles. The fourth-order valence-electron chi connectivity index (χ4n) is 2.38. The van der Waals surface area contributed by atoms with Gasteiger partial charge in [-0.05, 0) is 49.9 Å². The molecule has 0 aliphatic carbocycles. The molecule has 2 heteroatoms. The minimum absolute atomic E-state index is 0.119. The highest BCUT2D eigenvalue weighted by Crippen LogP contribution is 2.14. The van der Waals surface area contributed by atoms with Gasteiger partial charge in [-0.3, -0.25) is 0 Å². The maximum atomic E-state index is 13.0. The Morgan fingerprint density at radius 1 is 1.25 bits per heavy atom. The number of rotatable bonds is 3. The van der Waals surface area contributed by atoms with Gasteiger partial charge in [0.15, 0.2) is 0 Å². The van der Waals surface area contributed by atoms with E-state index in [4.69, 9.17) is 0 Å². The average Bonchev–Trinajstić information content (AvgIpc) is 2.55. The van der Waals surface area contributed by atoms with Crippen molar-refractivity contribution in [2.45, 2.75) is 44.6 Å². The van der Waals surface area contributed by atoms with Crippen molar-refractivity contribution in [1.29, 1.82) is 0 Å². The summed E-state index contributed by atoms with van der Waals surface area (Å²) in [5.41, 5.74) is 1.12. The Labute approximate surface area is 97.1 Å². The summed E-state index contributed by atoms with van der Waals surface area (Å²) in [6.45, 7) is 1.15. The molecule has 1 N–H and O–H groups in total. The Balaban J connectivity index is 1.81. The van der Waals surface area contributed by atoms with Gasteiger partial charge in [0.25, 0.3) is 0 Å². The zero-order valence-electron chi connectivity index (χ0n) is 9.71. The molecule has 88 valence electrons. The largest absolute Gasteiger partial charge is 0.314 e. The van der Waals surface area contributed by atoms with E-state index < -0.39 is 0 Å². The molecule has 1 saturated heterocycles. The van der Waals surface area contributed by atoms with E-state index in [1.165, 1.54) is 31.7 Å². The van der Waals surface area contributed by atoms with E-state index in [1.54, 1.807) is 12.1 Å². The van der Waals surface area contributed by atoms with Crippen LogP contribution in [0.2, 0.25) is 0 Å². The van der Waals surface area contributed by atoms with Crippen molar-refractivity contribution in [2.75, 3.05) is 6.54 Å². The molecule has 0 radical (unpaired) electrons. The molecule has 2 rings (SSSR count). The van der Waals surface area contributed by atoms with Crippen molar-refractivity contribution in [3.63, 3.8) is 0 Å². The second-order valence-corrected chi connectivity index (χ2v) is 4.67. The van der Waals surface area contributed by atoms with Crippen molar-refractivity contribution in [3.8, 4) is 0 Å². The maximum absolute atomic E-state index is 13.0. The molecule has 1 atom stereocenters. The van der Waals surface area contributed by atoms with Gasteiger partial charge in [-0.2, -0.15) is 0 Å². The number of hydrogen-bond donors (Lipinski definition) is 1. The standard InChI is InChI=1S/C14H20FN/c15-13-6-4-5-12(11-13)8-9-14-7-2-1-3-10-16-14/h4-6,11,14,16H,1-3,7-10H2. The molecule has 1 aliphatic heterocycles. The lowest BCUT2D eigenvalue weighted by atomic mass is 10.0. The van der Waals surface area contributed by atoms with Crippen LogP contribution >= 0.6 is 0 Å². The molecule has 1 aliphatic rings. The van der Waals surface area contributed by atoms with Crippen LogP contribution in [-0.2, 0) is 6.42 Å². The minimum Gasteiger partial charge on any atom is -0.314 e. The van der Waals surface area contributed by atoms with E-state index in [0.29, 0.717) is 6.04 Å². The van der Waals surface area contributed by atoms with Gasteiger partial charge in [0, 0.05) is 6.04 Å². The van der Waals surface area contributed by atoms with Crippen LogP contribution in [0.25, 0.3) is 0 Å². The Hall–Kier alpha value is -0.890. The normalized spacial score (nSPS) is 21.7. The third-order valence-corrected chi connectivity index (χ3v) is 3.33. The average molecular weight is 221 g/mol. The zero-order chi connectivity index (χ0) is 11.2. The Morgan fingerprint density at radius 2 is 2.19 bits per heavy atom. The van der Waals surface area contributed by atoms with Gasteiger partial charge in [-0.15, -0.1) is 0 Å². The lowest BCUT2D eigenvalue weighted by molar-refractivity contribution is 0.478. The van der Waals surface area contributed by atoms with Crippen LogP contribution in [0.15, 0.2) is 24.3 Å². The highest BCUT2D eigenvalue weighted by molar-refractivity contribution is 5.16. The van der Waals surface area contributed by atoms with Gasteiger partial charge in [-0.1, -0.05) is 25.0 Å². The van der Waals surface area contributed by atoms with Gasteiger partial charge in [0.1, 0.15) is 5.82 Å². The van der Waals surface area contributed by atoms with Gasteiger partial charge < -0.3 is 5.32 Å². The van der Waals surface area contributed by atoms with Crippen molar-refractivity contribution in [1.82, 2.24) is 5.32 Å². The molecule has 0 aromatic heterocycles. The third-order valence-electron chi connectivity index (χ3n) is 3.33. The zero-order valence-corrected chi connectivity index (χ0v) is 9.71. The quantitative estimate of drug-likeness (QED) is 0.826. The second kappa shape index (κ2) is 6.00. The lowest BCUT2D eigenvalue weighted by Crippen LogP contribution is -2.28. The number of nitrogens with one attached hydrogen (secondary N) is 1. The summed E-state index contributed by atoms with van der Waals surface area (Å²) in [5.74, 6) is -0.119. The third kappa shape index (κ3) is 3.60. The Kier molecular flexibility index (Phi) is 4.34. The molecule has 0 bridgehead atoms. The lowest BCUT2D eigenvalue weighted by Gasteiger charge is -2.15. The van der Waals surface area contributed by atoms with Crippen molar-refractivity contribution < 1.29 is 4.39 Å². The predicted molar refractivity (Wildman–Crippen MR) is 65.0 cm³/mol. The van der Waals surface area contributed by atoms with Gasteiger partial charge in [0.2, 0.25) is 0 Å². The summed E-state index contributed by atoms with van der Waals surface area (Å²) in [7, 11) is 0. The first-order chi connectivity index (χ1) is 7.84. The fraction of sp³-hybridized carbons (Fsp3) is 0.571. The van der Waals surface area contributed by atoms with Crippen LogP contribution in [0.5, 0.6) is 0 Å². The van der Waals surface area contributed by atoms with Crippen LogP contribution < -0.4 is 5.32 Å². The van der Waals surface area contributed by atoms with Gasteiger partial charge in [0.05, 0.1) is 0 Å². The molecule has 1 fully saturated rings. The van der Waals surface area contributed by atoms with Crippen LogP contribution in [-0.4, -0.2) is 12.6 Å². The van der Waals surface area contributed by atoms with E-state index in [9.17, 15) is 4.39 Å². The molecule has 1 nitrogen and oxygen atoms in total. The first-order valence-corrected chi connectivity index (χ1v) is 6.32. The summed E-state index contributed by atoms with van der Waals surface area (Å²) < 4.78 is 13.0. The van der Waals surface area contributed by atoms with E-state index >= 15 is 0 Å². The first kappa shape index (κ1) is 11.6. The fourth-order valence-corrected chi connectivity index (χ4v) is 2.38. The molecule has 1 unspecified atom stereocenters. The number of aryl methyl sites for hydroxylation is 1. The molecule has 0 saturated carbocycles.